The van der Waals surface area contributed by atoms with Crippen molar-refractivity contribution in [2.24, 2.45) is 4.99 Å². The number of piperazine rings is 1. The van der Waals surface area contributed by atoms with Crippen molar-refractivity contribution in [3.8, 4) is 0 Å². The molecule has 1 atom stereocenters. The number of rotatable bonds is 9. The SMILES string of the molecule is CCNC(=NCCCOCC1CCCO1)N1CCN(Cc2ccccc2)CC1. The minimum absolute atomic E-state index is 0.313. The van der Waals surface area contributed by atoms with E-state index in [0.717, 1.165) is 84.4 Å². The highest BCUT2D eigenvalue weighted by atomic mass is 16.5. The lowest BCUT2D eigenvalue weighted by Crippen LogP contribution is -2.52. The summed E-state index contributed by atoms with van der Waals surface area (Å²) in [7, 11) is 0. The third-order valence-electron chi connectivity index (χ3n) is 5.29. The number of hydrogen-bond donors (Lipinski definition) is 1. The van der Waals surface area contributed by atoms with Crippen molar-refractivity contribution in [2.75, 3.05) is 59.1 Å². The standard InChI is InChI=1S/C22H36N4O2/c1-2-23-22(24-11-7-16-27-19-21-10-6-17-28-21)26-14-12-25(13-15-26)18-20-8-4-3-5-9-20/h3-5,8-9,21H,2,6-7,10-19H2,1H3,(H,23,24). The highest BCUT2D eigenvalue weighted by Gasteiger charge is 2.19. The summed E-state index contributed by atoms with van der Waals surface area (Å²) in [6, 6.07) is 10.7. The van der Waals surface area contributed by atoms with Gasteiger partial charge in [0.25, 0.3) is 0 Å². The molecule has 3 rings (SSSR count). The van der Waals surface area contributed by atoms with Crippen LogP contribution in [0.25, 0.3) is 0 Å². The summed E-state index contributed by atoms with van der Waals surface area (Å²) >= 11 is 0. The number of ether oxygens (including phenoxy) is 2. The average molecular weight is 389 g/mol. The van der Waals surface area contributed by atoms with Gasteiger partial charge in [0.2, 0.25) is 0 Å². The lowest BCUT2D eigenvalue weighted by atomic mass is 10.2. The molecule has 1 aromatic carbocycles. The van der Waals surface area contributed by atoms with Crippen LogP contribution in [0.15, 0.2) is 35.3 Å². The molecule has 0 radical (unpaired) electrons. The zero-order chi connectivity index (χ0) is 19.4. The smallest absolute Gasteiger partial charge is 0.194 e. The molecule has 1 N–H and O–H groups in total. The molecule has 0 spiro atoms. The Morgan fingerprint density at radius 2 is 2.04 bits per heavy atom. The van der Waals surface area contributed by atoms with Gasteiger partial charge in [0.15, 0.2) is 5.96 Å². The topological polar surface area (TPSA) is 49.3 Å². The van der Waals surface area contributed by atoms with Crippen LogP contribution in [0.1, 0.15) is 31.7 Å². The first-order chi connectivity index (χ1) is 13.8. The zero-order valence-corrected chi connectivity index (χ0v) is 17.3. The fraction of sp³-hybridized carbons (Fsp3) is 0.682. The van der Waals surface area contributed by atoms with Gasteiger partial charge in [0.05, 0.1) is 12.7 Å². The number of nitrogens with one attached hydrogen (secondary N) is 1. The summed E-state index contributed by atoms with van der Waals surface area (Å²) in [5.41, 5.74) is 1.39. The van der Waals surface area contributed by atoms with Gasteiger partial charge in [-0.2, -0.15) is 0 Å². The van der Waals surface area contributed by atoms with Gasteiger partial charge in [-0.15, -0.1) is 0 Å². The van der Waals surface area contributed by atoms with Crippen LogP contribution in [0.4, 0.5) is 0 Å². The Kier molecular flexibility index (Phi) is 9.07. The molecule has 156 valence electrons. The lowest BCUT2D eigenvalue weighted by molar-refractivity contribution is 0.0170. The highest BCUT2D eigenvalue weighted by molar-refractivity contribution is 5.80. The monoisotopic (exact) mass is 388 g/mol. The Morgan fingerprint density at radius 1 is 1.21 bits per heavy atom. The normalized spacial score (nSPS) is 21.2. The predicted octanol–water partition coefficient (Wildman–Crippen LogP) is 2.36. The van der Waals surface area contributed by atoms with Gasteiger partial charge in [-0.3, -0.25) is 9.89 Å². The highest BCUT2D eigenvalue weighted by Crippen LogP contribution is 2.12. The van der Waals surface area contributed by atoms with E-state index in [-0.39, 0.29) is 0 Å². The molecule has 0 aromatic heterocycles. The second kappa shape index (κ2) is 12.0. The van der Waals surface area contributed by atoms with Gasteiger partial charge in [-0.25, -0.2) is 0 Å². The Balaban J connectivity index is 1.35. The Labute approximate surface area is 169 Å². The van der Waals surface area contributed by atoms with Crippen molar-refractivity contribution in [3.63, 3.8) is 0 Å². The van der Waals surface area contributed by atoms with E-state index < -0.39 is 0 Å². The van der Waals surface area contributed by atoms with Crippen LogP contribution < -0.4 is 5.32 Å². The summed E-state index contributed by atoms with van der Waals surface area (Å²) in [5, 5.41) is 3.45. The van der Waals surface area contributed by atoms with E-state index in [1.165, 1.54) is 12.0 Å². The van der Waals surface area contributed by atoms with E-state index in [2.05, 4.69) is 52.4 Å². The summed E-state index contributed by atoms with van der Waals surface area (Å²) in [6.45, 7) is 11.4. The summed E-state index contributed by atoms with van der Waals surface area (Å²) in [4.78, 5) is 9.73. The van der Waals surface area contributed by atoms with Gasteiger partial charge in [-0.1, -0.05) is 30.3 Å². The summed E-state index contributed by atoms with van der Waals surface area (Å²) in [6.07, 6.45) is 3.57. The summed E-state index contributed by atoms with van der Waals surface area (Å²) in [5.74, 6) is 1.04. The fourth-order valence-electron chi connectivity index (χ4n) is 3.73. The maximum atomic E-state index is 5.74. The molecule has 1 unspecified atom stereocenters. The zero-order valence-electron chi connectivity index (χ0n) is 17.3. The van der Waals surface area contributed by atoms with Crippen molar-refractivity contribution in [1.29, 1.82) is 0 Å². The average Bonchev–Trinajstić information content (AvgIpc) is 3.25. The Hall–Kier alpha value is -1.63. The van der Waals surface area contributed by atoms with E-state index >= 15 is 0 Å². The van der Waals surface area contributed by atoms with E-state index in [4.69, 9.17) is 14.5 Å². The Morgan fingerprint density at radius 3 is 2.75 bits per heavy atom. The van der Waals surface area contributed by atoms with Gasteiger partial charge < -0.3 is 19.7 Å². The van der Waals surface area contributed by atoms with E-state index in [9.17, 15) is 0 Å². The molecule has 2 saturated heterocycles. The maximum absolute atomic E-state index is 5.74. The molecule has 0 bridgehead atoms. The molecule has 28 heavy (non-hydrogen) atoms. The molecule has 2 heterocycles. The van der Waals surface area contributed by atoms with Crippen LogP contribution in [0.5, 0.6) is 0 Å². The molecule has 6 nitrogen and oxygen atoms in total. The number of nitrogens with zero attached hydrogens (tertiary/aromatic N) is 3. The maximum Gasteiger partial charge on any atom is 0.194 e. The van der Waals surface area contributed by atoms with Gasteiger partial charge in [-0.05, 0) is 31.7 Å². The second-order valence-electron chi connectivity index (χ2n) is 7.55. The van der Waals surface area contributed by atoms with Crippen molar-refractivity contribution in [1.82, 2.24) is 15.1 Å². The first-order valence-corrected chi connectivity index (χ1v) is 10.8. The molecule has 2 fully saturated rings. The molecular weight excluding hydrogens is 352 g/mol. The molecule has 0 saturated carbocycles. The second-order valence-corrected chi connectivity index (χ2v) is 7.55. The van der Waals surface area contributed by atoms with Crippen LogP contribution in [-0.4, -0.2) is 81.0 Å². The first-order valence-electron chi connectivity index (χ1n) is 10.8. The van der Waals surface area contributed by atoms with Gasteiger partial charge in [0, 0.05) is 59.0 Å². The molecule has 0 aliphatic carbocycles. The number of benzene rings is 1. The lowest BCUT2D eigenvalue weighted by Gasteiger charge is -2.36. The third-order valence-corrected chi connectivity index (χ3v) is 5.29. The third kappa shape index (κ3) is 7.08. The number of aliphatic imine (C=N–C) groups is 1. The van der Waals surface area contributed by atoms with E-state index in [1.807, 2.05) is 0 Å². The van der Waals surface area contributed by atoms with Crippen LogP contribution in [0.2, 0.25) is 0 Å². The molecule has 1 aromatic rings. The van der Waals surface area contributed by atoms with Crippen molar-refractivity contribution in [2.45, 2.75) is 38.8 Å². The minimum Gasteiger partial charge on any atom is -0.379 e. The molecule has 2 aliphatic heterocycles. The van der Waals surface area contributed by atoms with Crippen LogP contribution in [-0.2, 0) is 16.0 Å². The molecule has 2 aliphatic rings. The number of guanidine groups is 1. The van der Waals surface area contributed by atoms with E-state index in [1.54, 1.807) is 0 Å². The Bertz CT molecular complexity index is 567. The van der Waals surface area contributed by atoms with Crippen LogP contribution in [0.3, 0.4) is 0 Å². The first kappa shape index (κ1) is 21.1. The van der Waals surface area contributed by atoms with Gasteiger partial charge in [0.1, 0.15) is 0 Å². The van der Waals surface area contributed by atoms with Crippen molar-refractivity contribution >= 4 is 5.96 Å². The molecule has 0 amide bonds. The van der Waals surface area contributed by atoms with Crippen molar-refractivity contribution in [3.05, 3.63) is 35.9 Å². The van der Waals surface area contributed by atoms with Crippen molar-refractivity contribution < 1.29 is 9.47 Å². The molecular formula is C22H36N4O2. The fourth-order valence-corrected chi connectivity index (χ4v) is 3.73. The molecule has 6 heteroatoms. The predicted molar refractivity (Wildman–Crippen MR) is 114 cm³/mol. The van der Waals surface area contributed by atoms with E-state index in [0.29, 0.717) is 6.10 Å². The number of hydrogen-bond acceptors (Lipinski definition) is 4. The summed E-state index contributed by atoms with van der Waals surface area (Å²) < 4.78 is 11.3. The minimum atomic E-state index is 0.313. The van der Waals surface area contributed by atoms with Crippen LogP contribution >= 0.6 is 0 Å². The quantitative estimate of drug-likeness (QED) is 0.400. The van der Waals surface area contributed by atoms with Crippen LogP contribution in [0, 0.1) is 0 Å². The van der Waals surface area contributed by atoms with Gasteiger partial charge >= 0.3 is 0 Å². The largest absolute Gasteiger partial charge is 0.379 e.